The molecule has 74 valence electrons. The first-order chi connectivity index (χ1) is 4.83. The SMILES string of the molecule is C=C[Si](C)(C=C)O[Si](C)(C)C.[Pd]. The topological polar surface area (TPSA) is 9.23 Å². The Morgan fingerprint density at radius 2 is 1.33 bits per heavy atom. The molecule has 0 saturated carbocycles. The summed E-state index contributed by atoms with van der Waals surface area (Å²) in [4.78, 5) is 0. The number of rotatable bonds is 4. The van der Waals surface area contributed by atoms with Gasteiger partial charge in [-0.05, 0) is 26.2 Å². The molecular formula is C8H18OPdSi2. The molecule has 1 nitrogen and oxygen atoms in total. The van der Waals surface area contributed by atoms with Crippen molar-refractivity contribution in [3.05, 3.63) is 24.6 Å². The maximum atomic E-state index is 5.97. The molecule has 0 rings (SSSR count). The van der Waals surface area contributed by atoms with E-state index in [0.29, 0.717) is 0 Å². The summed E-state index contributed by atoms with van der Waals surface area (Å²) < 4.78 is 5.97. The second-order valence-electron chi connectivity index (χ2n) is 3.81. The molecule has 0 heterocycles. The summed E-state index contributed by atoms with van der Waals surface area (Å²) in [6.45, 7) is 16.2. The van der Waals surface area contributed by atoms with Gasteiger partial charge in [-0.3, -0.25) is 0 Å². The average Bonchev–Trinajstić information content (AvgIpc) is 1.84. The van der Waals surface area contributed by atoms with E-state index in [1.165, 1.54) is 0 Å². The van der Waals surface area contributed by atoms with Crippen LogP contribution in [0.4, 0.5) is 0 Å². The minimum Gasteiger partial charge on any atom is -0.450 e. The second-order valence-corrected chi connectivity index (χ2v) is 12.0. The van der Waals surface area contributed by atoms with Crippen molar-refractivity contribution >= 4 is 16.6 Å². The van der Waals surface area contributed by atoms with E-state index in [9.17, 15) is 0 Å². The van der Waals surface area contributed by atoms with Gasteiger partial charge in [0.25, 0.3) is 0 Å². The molecule has 0 bridgehead atoms. The van der Waals surface area contributed by atoms with Crippen molar-refractivity contribution in [2.45, 2.75) is 26.2 Å². The van der Waals surface area contributed by atoms with Crippen LogP contribution in [-0.2, 0) is 24.5 Å². The first-order valence-corrected chi connectivity index (χ1v) is 9.77. The fourth-order valence-corrected chi connectivity index (χ4v) is 6.94. The molecule has 0 aliphatic heterocycles. The Kier molecular flexibility index (Phi) is 6.64. The van der Waals surface area contributed by atoms with Gasteiger partial charge in [0.15, 0.2) is 8.32 Å². The average molecular weight is 293 g/mol. The van der Waals surface area contributed by atoms with E-state index in [4.69, 9.17) is 4.12 Å². The largest absolute Gasteiger partial charge is 0.450 e. The Morgan fingerprint density at radius 3 is 1.42 bits per heavy atom. The van der Waals surface area contributed by atoms with Crippen LogP contribution < -0.4 is 0 Å². The van der Waals surface area contributed by atoms with Gasteiger partial charge in [-0.1, -0.05) is 11.4 Å². The molecule has 0 spiro atoms. The summed E-state index contributed by atoms with van der Waals surface area (Å²) in [5, 5.41) is 0. The van der Waals surface area contributed by atoms with E-state index in [1.807, 2.05) is 11.4 Å². The standard InChI is InChI=1S/C8H18OSi2.Pd/c1-7-11(6,8-2)9-10(3,4)5;/h7-8H,1-2H2,3-6H3;. The molecule has 0 aromatic heterocycles. The Labute approximate surface area is 91.8 Å². The maximum absolute atomic E-state index is 5.97. The molecule has 0 atom stereocenters. The van der Waals surface area contributed by atoms with E-state index in [1.54, 1.807) is 0 Å². The van der Waals surface area contributed by atoms with Crippen LogP contribution in [0.2, 0.25) is 26.2 Å². The van der Waals surface area contributed by atoms with E-state index >= 15 is 0 Å². The van der Waals surface area contributed by atoms with Gasteiger partial charge in [0.05, 0.1) is 0 Å². The first kappa shape index (κ1) is 15.0. The molecule has 0 aromatic carbocycles. The third kappa shape index (κ3) is 6.10. The van der Waals surface area contributed by atoms with Crippen LogP contribution in [0.25, 0.3) is 0 Å². The summed E-state index contributed by atoms with van der Waals surface area (Å²) in [5.74, 6) is 0. The van der Waals surface area contributed by atoms with Crippen LogP contribution in [0.15, 0.2) is 24.6 Å². The van der Waals surface area contributed by atoms with Crippen molar-refractivity contribution in [3.8, 4) is 0 Å². The molecule has 0 aliphatic rings. The fourth-order valence-electron chi connectivity index (χ4n) is 0.826. The Morgan fingerprint density at radius 1 is 1.00 bits per heavy atom. The van der Waals surface area contributed by atoms with Crippen LogP contribution in [0, 0.1) is 0 Å². The molecule has 0 N–H and O–H groups in total. The quantitative estimate of drug-likeness (QED) is 0.724. The van der Waals surface area contributed by atoms with E-state index in [-0.39, 0.29) is 20.4 Å². The van der Waals surface area contributed by atoms with Gasteiger partial charge in [-0.25, -0.2) is 0 Å². The molecule has 0 aliphatic carbocycles. The normalized spacial score (nSPS) is 11.7. The summed E-state index contributed by atoms with van der Waals surface area (Å²) in [6, 6.07) is 0. The van der Waals surface area contributed by atoms with Gasteiger partial charge in [-0.15, -0.1) is 13.2 Å². The Bertz CT molecular complexity index is 155. The van der Waals surface area contributed by atoms with Crippen molar-refractivity contribution in [3.63, 3.8) is 0 Å². The summed E-state index contributed by atoms with van der Waals surface area (Å²) in [7, 11) is -3.16. The fraction of sp³-hybridized carbons (Fsp3) is 0.500. The van der Waals surface area contributed by atoms with Crippen molar-refractivity contribution in [2.75, 3.05) is 0 Å². The van der Waals surface area contributed by atoms with Crippen LogP contribution in [-0.4, -0.2) is 16.6 Å². The molecule has 4 heteroatoms. The number of hydrogen-bond acceptors (Lipinski definition) is 1. The summed E-state index contributed by atoms with van der Waals surface area (Å²) in [5.41, 5.74) is 3.86. The molecule has 0 saturated heterocycles. The molecular weight excluding hydrogens is 275 g/mol. The van der Waals surface area contributed by atoms with Crippen molar-refractivity contribution < 1.29 is 24.5 Å². The van der Waals surface area contributed by atoms with Crippen molar-refractivity contribution in [1.82, 2.24) is 0 Å². The van der Waals surface area contributed by atoms with Crippen LogP contribution in [0.1, 0.15) is 0 Å². The third-order valence-electron chi connectivity index (χ3n) is 1.34. The zero-order valence-corrected chi connectivity index (χ0v) is 11.8. The van der Waals surface area contributed by atoms with E-state index in [2.05, 4.69) is 39.3 Å². The zero-order valence-electron chi connectivity index (χ0n) is 8.29. The van der Waals surface area contributed by atoms with Crippen LogP contribution >= 0.6 is 0 Å². The van der Waals surface area contributed by atoms with Crippen molar-refractivity contribution in [1.29, 1.82) is 0 Å². The van der Waals surface area contributed by atoms with Crippen LogP contribution in [0.5, 0.6) is 0 Å². The molecule has 0 fully saturated rings. The van der Waals surface area contributed by atoms with Gasteiger partial charge in [-0.2, -0.15) is 0 Å². The van der Waals surface area contributed by atoms with Crippen molar-refractivity contribution in [2.24, 2.45) is 0 Å². The maximum Gasteiger partial charge on any atom is 0.226 e. The minimum atomic E-state index is -1.74. The number of hydrogen-bond donors (Lipinski definition) is 0. The minimum absolute atomic E-state index is 0. The molecule has 0 aromatic rings. The van der Waals surface area contributed by atoms with Gasteiger partial charge < -0.3 is 4.12 Å². The second kappa shape index (κ2) is 5.31. The predicted octanol–water partition coefficient (Wildman–Crippen LogP) is 2.86. The van der Waals surface area contributed by atoms with E-state index < -0.39 is 16.6 Å². The van der Waals surface area contributed by atoms with Gasteiger partial charge in [0.2, 0.25) is 8.32 Å². The predicted molar refractivity (Wildman–Crippen MR) is 56.4 cm³/mol. The smallest absolute Gasteiger partial charge is 0.226 e. The van der Waals surface area contributed by atoms with Gasteiger partial charge in [0, 0.05) is 20.4 Å². The monoisotopic (exact) mass is 292 g/mol. The Hall–Kier alpha value is 0.536. The summed E-state index contributed by atoms with van der Waals surface area (Å²) >= 11 is 0. The summed E-state index contributed by atoms with van der Waals surface area (Å²) in [6.07, 6.45) is 0. The van der Waals surface area contributed by atoms with Gasteiger partial charge >= 0.3 is 0 Å². The van der Waals surface area contributed by atoms with Crippen LogP contribution in [0.3, 0.4) is 0 Å². The molecule has 0 unspecified atom stereocenters. The third-order valence-corrected chi connectivity index (χ3v) is 7.17. The Balaban J connectivity index is 0. The first-order valence-electron chi connectivity index (χ1n) is 3.80. The van der Waals surface area contributed by atoms with E-state index in [0.717, 1.165) is 0 Å². The molecule has 0 amide bonds. The molecule has 12 heavy (non-hydrogen) atoms. The van der Waals surface area contributed by atoms with Gasteiger partial charge in [0.1, 0.15) is 0 Å². The zero-order chi connectivity index (χ0) is 9.12. The molecule has 0 radical (unpaired) electrons.